The summed E-state index contributed by atoms with van der Waals surface area (Å²) >= 11 is 0. The minimum absolute atomic E-state index is 0.156. The number of rotatable bonds is 4. The van der Waals surface area contributed by atoms with Crippen molar-refractivity contribution in [3.05, 3.63) is 58.4 Å². The minimum Gasteiger partial charge on any atom is -0.497 e. The van der Waals surface area contributed by atoms with Gasteiger partial charge < -0.3 is 18.6 Å². The molecule has 0 bridgehead atoms. The summed E-state index contributed by atoms with van der Waals surface area (Å²) in [5.41, 5.74) is 1.31. The van der Waals surface area contributed by atoms with Gasteiger partial charge in [-0.1, -0.05) is 0 Å². The summed E-state index contributed by atoms with van der Waals surface area (Å²) in [6.07, 6.45) is 3.78. The number of ether oxygens (including phenoxy) is 3. The third-order valence-corrected chi connectivity index (χ3v) is 5.07. The molecular formula is C21H19NO5. The van der Waals surface area contributed by atoms with Gasteiger partial charge in [0.1, 0.15) is 35.8 Å². The van der Waals surface area contributed by atoms with Gasteiger partial charge in [-0.3, -0.25) is 9.69 Å². The van der Waals surface area contributed by atoms with Gasteiger partial charge in [0.2, 0.25) is 11.2 Å². The van der Waals surface area contributed by atoms with E-state index in [4.69, 9.17) is 18.6 Å². The van der Waals surface area contributed by atoms with E-state index in [2.05, 4.69) is 4.90 Å². The molecule has 138 valence electrons. The summed E-state index contributed by atoms with van der Waals surface area (Å²) in [6, 6.07) is 11.2. The summed E-state index contributed by atoms with van der Waals surface area (Å²) < 4.78 is 22.5. The van der Waals surface area contributed by atoms with Gasteiger partial charge in [0.15, 0.2) is 0 Å². The van der Waals surface area contributed by atoms with Crippen LogP contribution < -0.4 is 19.6 Å². The van der Waals surface area contributed by atoms with Gasteiger partial charge in [-0.2, -0.15) is 0 Å². The predicted octanol–water partition coefficient (Wildman–Crippen LogP) is 3.91. The molecule has 0 N–H and O–H groups in total. The first-order chi connectivity index (χ1) is 13.2. The zero-order valence-corrected chi connectivity index (χ0v) is 14.9. The highest BCUT2D eigenvalue weighted by Crippen LogP contribution is 2.37. The maximum absolute atomic E-state index is 12.9. The van der Waals surface area contributed by atoms with E-state index in [9.17, 15) is 4.79 Å². The lowest BCUT2D eigenvalue weighted by Gasteiger charge is -2.29. The molecule has 2 aromatic carbocycles. The van der Waals surface area contributed by atoms with Crippen molar-refractivity contribution in [1.29, 1.82) is 0 Å². The number of benzene rings is 2. The van der Waals surface area contributed by atoms with Gasteiger partial charge in [-0.15, -0.1) is 0 Å². The molecule has 2 heterocycles. The average molecular weight is 365 g/mol. The van der Waals surface area contributed by atoms with Crippen LogP contribution in [-0.4, -0.2) is 24.8 Å². The molecule has 1 saturated carbocycles. The quantitative estimate of drug-likeness (QED) is 0.699. The SMILES string of the molecule is COc1ccc(Oc2coc3c4c(ccc3c2=O)OCN(C2CC2)C4)cc1. The second-order valence-electron chi connectivity index (χ2n) is 6.88. The van der Waals surface area contributed by atoms with E-state index in [0.29, 0.717) is 29.5 Å². The smallest absolute Gasteiger partial charge is 0.235 e. The number of fused-ring (bicyclic) bond motifs is 3. The van der Waals surface area contributed by atoms with Crippen molar-refractivity contribution < 1.29 is 18.6 Å². The molecule has 1 fully saturated rings. The van der Waals surface area contributed by atoms with E-state index in [0.717, 1.165) is 23.6 Å². The second-order valence-corrected chi connectivity index (χ2v) is 6.88. The largest absolute Gasteiger partial charge is 0.497 e. The Morgan fingerprint density at radius 1 is 1.07 bits per heavy atom. The fourth-order valence-electron chi connectivity index (χ4n) is 3.42. The second kappa shape index (κ2) is 6.32. The molecule has 0 unspecified atom stereocenters. The van der Waals surface area contributed by atoms with Crippen LogP contribution in [0.4, 0.5) is 0 Å². The Balaban J connectivity index is 1.50. The van der Waals surface area contributed by atoms with E-state index in [1.54, 1.807) is 37.4 Å². The summed E-state index contributed by atoms with van der Waals surface area (Å²) in [5.74, 6) is 2.21. The molecule has 0 radical (unpaired) electrons. The van der Waals surface area contributed by atoms with E-state index in [-0.39, 0.29) is 11.2 Å². The summed E-state index contributed by atoms with van der Waals surface area (Å²) in [5, 5.41) is 0.501. The highest BCUT2D eigenvalue weighted by atomic mass is 16.5. The monoisotopic (exact) mass is 365 g/mol. The minimum atomic E-state index is -0.196. The Labute approximate surface area is 155 Å². The van der Waals surface area contributed by atoms with Crippen LogP contribution in [0, 0.1) is 0 Å². The molecule has 0 amide bonds. The molecule has 6 heteroatoms. The molecule has 1 aromatic heterocycles. The van der Waals surface area contributed by atoms with Gasteiger partial charge in [0, 0.05) is 12.6 Å². The molecule has 1 aliphatic carbocycles. The number of hydrogen-bond donors (Lipinski definition) is 0. The Morgan fingerprint density at radius 2 is 1.85 bits per heavy atom. The van der Waals surface area contributed by atoms with Gasteiger partial charge in [-0.05, 0) is 49.2 Å². The Hall–Kier alpha value is -2.99. The van der Waals surface area contributed by atoms with Crippen molar-refractivity contribution >= 4 is 11.0 Å². The van der Waals surface area contributed by atoms with Crippen LogP contribution in [0.1, 0.15) is 18.4 Å². The van der Waals surface area contributed by atoms with E-state index >= 15 is 0 Å². The van der Waals surface area contributed by atoms with Crippen LogP contribution >= 0.6 is 0 Å². The van der Waals surface area contributed by atoms with Crippen molar-refractivity contribution in [2.45, 2.75) is 25.4 Å². The Morgan fingerprint density at radius 3 is 2.59 bits per heavy atom. The molecule has 0 atom stereocenters. The maximum atomic E-state index is 12.9. The molecule has 0 spiro atoms. The van der Waals surface area contributed by atoms with Gasteiger partial charge in [0.05, 0.1) is 18.1 Å². The molecule has 2 aliphatic rings. The normalized spacial score (nSPS) is 16.6. The Bertz CT molecular complexity index is 1050. The van der Waals surface area contributed by atoms with Crippen LogP contribution in [0.15, 0.2) is 51.9 Å². The van der Waals surface area contributed by atoms with Gasteiger partial charge >= 0.3 is 0 Å². The molecule has 0 saturated heterocycles. The average Bonchev–Trinajstić information content (AvgIpc) is 3.55. The zero-order chi connectivity index (χ0) is 18.4. The molecule has 3 aromatic rings. The highest BCUT2D eigenvalue weighted by molar-refractivity contribution is 5.83. The topological polar surface area (TPSA) is 61.1 Å². The van der Waals surface area contributed by atoms with Crippen molar-refractivity contribution in [3.63, 3.8) is 0 Å². The maximum Gasteiger partial charge on any atom is 0.235 e. The van der Waals surface area contributed by atoms with Crippen LogP contribution in [0.25, 0.3) is 11.0 Å². The van der Waals surface area contributed by atoms with Crippen molar-refractivity contribution in [2.24, 2.45) is 0 Å². The lowest BCUT2D eigenvalue weighted by atomic mass is 10.1. The third-order valence-electron chi connectivity index (χ3n) is 5.07. The lowest BCUT2D eigenvalue weighted by molar-refractivity contribution is 0.0885. The van der Waals surface area contributed by atoms with Crippen LogP contribution in [0.5, 0.6) is 23.0 Å². The zero-order valence-electron chi connectivity index (χ0n) is 14.9. The van der Waals surface area contributed by atoms with Crippen molar-refractivity contribution in [3.8, 4) is 23.0 Å². The lowest BCUT2D eigenvalue weighted by Crippen LogP contribution is -2.33. The van der Waals surface area contributed by atoms with Crippen molar-refractivity contribution in [2.75, 3.05) is 13.8 Å². The molecule has 5 rings (SSSR count). The number of methoxy groups -OCH3 is 1. The van der Waals surface area contributed by atoms with Crippen LogP contribution in [-0.2, 0) is 6.54 Å². The number of hydrogen-bond acceptors (Lipinski definition) is 6. The van der Waals surface area contributed by atoms with Crippen LogP contribution in [0.2, 0.25) is 0 Å². The molecular weight excluding hydrogens is 346 g/mol. The standard InChI is InChI=1S/C21H19NO5/c1-24-14-4-6-15(7-5-14)27-19-11-25-21-16(20(19)23)8-9-18-17(21)10-22(12-26-18)13-2-3-13/h4-9,11,13H,2-3,10,12H2,1H3. The number of nitrogens with zero attached hydrogens (tertiary/aromatic N) is 1. The third kappa shape index (κ3) is 2.92. The van der Waals surface area contributed by atoms with Crippen LogP contribution in [0.3, 0.4) is 0 Å². The molecule has 27 heavy (non-hydrogen) atoms. The fraction of sp³-hybridized carbons (Fsp3) is 0.286. The van der Waals surface area contributed by atoms with Crippen molar-refractivity contribution in [1.82, 2.24) is 4.90 Å². The first-order valence-electron chi connectivity index (χ1n) is 8.99. The summed E-state index contributed by atoms with van der Waals surface area (Å²) in [6.45, 7) is 1.32. The van der Waals surface area contributed by atoms with E-state index < -0.39 is 0 Å². The van der Waals surface area contributed by atoms with E-state index in [1.807, 2.05) is 6.07 Å². The fourth-order valence-corrected chi connectivity index (χ4v) is 3.42. The molecule has 1 aliphatic heterocycles. The summed E-state index contributed by atoms with van der Waals surface area (Å²) in [7, 11) is 1.60. The van der Waals surface area contributed by atoms with Gasteiger partial charge in [0.25, 0.3) is 0 Å². The van der Waals surface area contributed by atoms with Gasteiger partial charge in [-0.25, -0.2) is 0 Å². The summed E-state index contributed by atoms with van der Waals surface area (Å²) in [4.78, 5) is 15.2. The highest BCUT2D eigenvalue weighted by Gasteiger charge is 2.33. The Kier molecular flexibility index (Phi) is 3.79. The van der Waals surface area contributed by atoms with E-state index in [1.165, 1.54) is 19.1 Å². The predicted molar refractivity (Wildman–Crippen MR) is 99.6 cm³/mol. The first kappa shape index (κ1) is 16.2. The molecule has 6 nitrogen and oxygen atoms in total. The first-order valence-corrected chi connectivity index (χ1v) is 8.99.